The standard InChI is InChI=1S/C25H25N3O3S/c1-17-14-20(18-6-3-2-4-7-18)27-25(26-17)32-16-24(29)28-11-5-8-21(28)19-9-10-22-23(15-19)31-13-12-30-22/h2-4,6-7,9-10,14-15,21H,5,8,11-13,16H2,1H3/t21-/m1/s1. The van der Waals surface area contributed by atoms with Gasteiger partial charge in [0.2, 0.25) is 5.91 Å². The van der Waals surface area contributed by atoms with Gasteiger partial charge in [-0.3, -0.25) is 4.79 Å². The summed E-state index contributed by atoms with van der Waals surface area (Å²) in [7, 11) is 0. The van der Waals surface area contributed by atoms with Gasteiger partial charge >= 0.3 is 0 Å². The predicted molar refractivity (Wildman–Crippen MR) is 124 cm³/mol. The Hall–Kier alpha value is -3.06. The van der Waals surface area contributed by atoms with Crippen LogP contribution < -0.4 is 9.47 Å². The third kappa shape index (κ3) is 4.43. The summed E-state index contributed by atoms with van der Waals surface area (Å²) in [5, 5.41) is 0.632. The molecule has 0 unspecified atom stereocenters. The molecule has 0 N–H and O–H groups in total. The van der Waals surface area contributed by atoms with E-state index in [9.17, 15) is 4.79 Å². The minimum atomic E-state index is 0.0669. The van der Waals surface area contributed by atoms with Gasteiger partial charge in [-0.1, -0.05) is 48.2 Å². The van der Waals surface area contributed by atoms with Crippen LogP contribution in [0.5, 0.6) is 11.5 Å². The molecule has 0 bridgehead atoms. The van der Waals surface area contributed by atoms with E-state index in [1.165, 1.54) is 11.8 Å². The minimum Gasteiger partial charge on any atom is -0.486 e. The first-order valence-corrected chi connectivity index (χ1v) is 11.9. The highest BCUT2D eigenvalue weighted by molar-refractivity contribution is 7.99. The van der Waals surface area contributed by atoms with Crippen molar-refractivity contribution in [1.29, 1.82) is 0 Å². The lowest BCUT2D eigenvalue weighted by atomic mass is 10.0. The summed E-state index contributed by atoms with van der Waals surface area (Å²) in [4.78, 5) is 24.3. The third-order valence-electron chi connectivity index (χ3n) is 5.75. The average molecular weight is 448 g/mol. The van der Waals surface area contributed by atoms with E-state index in [1.807, 2.05) is 66.4 Å². The van der Waals surface area contributed by atoms with Gasteiger partial charge in [0, 0.05) is 17.8 Å². The number of likely N-dealkylation sites (tertiary alicyclic amines) is 1. The summed E-state index contributed by atoms with van der Waals surface area (Å²) in [5.41, 5.74) is 3.92. The largest absolute Gasteiger partial charge is 0.486 e. The van der Waals surface area contributed by atoms with Crippen molar-refractivity contribution in [2.45, 2.75) is 31.0 Å². The van der Waals surface area contributed by atoms with Crippen molar-refractivity contribution in [3.63, 3.8) is 0 Å². The number of aromatic nitrogens is 2. The molecule has 0 saturated carbocycles. The maximum absolute atomic E-state index is 13.1. The molecule has 164 valence electrons. The van der Waals surface area contributed by atoms with Crippen LogP contribution in [-0.2, 0) is 4.79 Å². The molecule has 6 nitrogen and oxygen atoms in total. The van der Waals surface area contributed by atoms with Crippen molar-refractivity contribution < 1.29 is 14.3 Å². The normalized spacial score (nSPS) is 17.4. The number of rotatable bonds is 5. The van der Waals surface area contributed by atoms with Gasteiger partial charge in [-0.2, -0.15) is 0 Å². The number of ether oxygens (including phenoxy) is 2. The van der Waals surface area contributed by atoms with E-state index in [0.717, 1.165) is 53.4 Å². The first-order valence-electron chi connectivity index (χ1n) is 10.9. The summed E-state index contributed by atoms with van der Waals surface area (Å²) in [6.07, 6.45) is 1.95. The van der Waals surface area contributed by atoms with Gasteiger partial charge in [0.25, 0.3) is 0 Å². The number of carbonyl (C=O) groups is 1. The first-order chi connectivity index (χ1) is 15.7. The van der Waals surface area contributed by atoms with Crippen LogP contribution in [0, 0.1) is 6.92 Å². The molecule has 1 fully saturated rings. The fourth-order valence-corrected chi connectivity index (χ4v) is 5.04. The van der Waals surface area contributed by atoms with Crippen LogP contribution in [0.15, 0.2) is 59.8 Å². The molecule has 1 saturated heterocycles. The Labute approximate surface area is 192 Å². The van der Waals surface area contributed by atoms with Crippen LogP contribution in [0.25, 0.3) is 11.3 Å². The SMILES string of the molecule is Cc1cc(-c2ccccc2)nc(SCC(=O)N2CCC[C@@H]2c2ccc3c(c2)OCCO3)n1. The summed E-state index contributed by atoms with van der Waals surface area (Å²) in [6, 6.07) is 18.1. The van der Waals surface area contributed by atoms with Crippen molar-refractivity contribution >= 4 is 17.7 Å². The van der Waals surface area contributed by atoms with Gasteiger partial charge in [-0.25, -0.2) is 9.97 Å². The van der Waals surface area contributed by atoms with Crippen LogP contribution in [0.2, 0.25) is 0 Å². The Kier molecular flexibility index (Phi) is 5.99. The monoisotopic (exact) mass is 447 g/mol. The fraction of sp³-hybridized carbons (Fsp3) is 0.320. The molecule has 2 aliphatic rings. The molecular formula is C25H25N3O3S. The average Bonchev–Trinajstić information content (AvgIpc) is 3.33. The summed E-state index contributed by atoms with van der Waals surface area (Å²) in [5.74, 6) is 1.97. The number of thioether (sulfide) groups is 1. The number of amides is 1. The van der Waals surface area contributed by atoms with Crippen molar-refractivity contribution in [1.82, 2.24) is 14.9 Å². The molecule has 3 heterocycles. The van der Waals surface area contributed by atoms with Crippen LogP contribution in [-0.4, -0.2) is 46.3 Å². The molecule has 2 aliphatic heterocycles. The quantitative estimate of drug-likeness (QED) is 0.418. The number of hydrogen-bond acceptors (Lipinski definition) is 6. The number of benzene rings is 2. The Morgan fingerprint density at radius 2 is 1.88 bits per heavy atom. The lowest BCUT2D eigenvalue weighted by Crippen LogP contribution is -2.32. The van der Waals surface area contributed by atoms with Gasteiger partial charge in [-0.15, -0.1) is 0 Å². The fourth-order valence-electron chi connectivity index (χ4n) is 4.25. The van der Waals surface area contributed by atoms with Crippen LogP contribution >= 0.6 is 11.8 Å². The van der Waals surface area contributed by atoms with Gasteiger partial charge in [0.05, 0.1) is 17.5 Å². The molecule has 2 aromatic carbocycles. The molecule has 1 atom stereocenters. The summed E-state index contributed by atoms with van der Waals surface area (Å²) < 4.78 is 11.4. The zero-order chi connectivity index (χ0) is 21.9. The van der Waals surface area contributed by atoms with Crippen LogP contribution in [0.3, 0.4) is 0 Å². The van der Waals surface area contributed by atoms with Gasteiger partial charge in [0.1, 0.15) is 13.2 Å². The predicted octanol–water partition coefficient (Wildman–Crippen LogP) is 4.68. The molecule has 1 aromatic heterocycles. The summed E-state index contributed by atoms with van der Waals surface area (Å²) in [6.45, 7) is 3.85. The molecule has 7 heteroatoms. The number of hydrogen-bond donors (Lipinski definition) is 0. The zero-order valence-electron chi connectivity index (χ0n) is 18.0. The lowest BCUT2D eigenvalue weighted by molar-refractivity contribution is -0.129. The highest BCUT2D eigenvalue weighted by Gasteiger charge is 2.31. The maximum Gasteiger partial charge on any atom is 0.233 e. The molecule has 0 radical (unpaired) electrons. The van der Waals surface area contributed by atoms with E-state index in [0.29, 0.717) is 24.1 Å². The molecule has 5 rings (SSSR count). The number of nitrogens with zero attached hydrogens (tertiary/aromatic N) is 3. The van der Waals surface area contributed by atoms with Gasteiger partial charge in [-0.05, 0) is 43.5 Å². The lowest BCUT2D eigenvalue weighted by Gasteiger charge is -2.26. The maximum atomic E-state index is 13.1. The van der Waals surface area contributed by atoms with Gasteiger partial charge < -0.3 is 14.4 Å². The molecule has 0 aliphatic carbocycles. The molecular weight excluding hydrogens is 422 g/mol. The van der Waals surface area contributed by atoms with Crippen LogP contribution in [0.1, 0.15) is 30.1 Å². The molecule has 0 spiro atoms. The second-order valence-electron chi connectivity index (χ2n) is 7.98. The van der Waals surface area contributed by atoms with E-state index < -0.39 is 0 Å². The smallest absolute Gasteiger partial charge is 0.233 e. The Balaban J connectivity index is 1.28. The highest BCUT2D eigenvalue weighted by Crippen LogP contribution is 2.38. The topological polar surface area (TPSA) is 64.6 Å². The zero-order valence-corrected chi connectivity index (χ0v) is 18.8. The molecule has 3 aromatic rings. The summed E-state index contributed by atoms with van der Waals surface area (Å²) >= 11 is 1.40. The highest BCUT2D eigenvalue weighted by atomic mass is 32.2. The second-order valence-corrected chi connectivity index (χ2v) is 8.92. The van der Waals surface area contributed by atoms with E-state index >= 15 is 0 Å². The van der Waals surface area contributed by atoms with E-state index in [1.54, 1.807) is 0 Å². The molecule has 1 amide bonds. The first kappa shape index (κ1) is 20.8. The Morgan fingerprint density at radius 3 is 2.72 bits per heavy atom. The number of fused-ring (bicyclic) bond motifs is 1. The Bertz CT molecular complexity index is 1120. The number of aryl methyl sites for hydroxylation is 1. The minimum absolute atomic E-state index is 0.0669. The molecule has 32 heavy (non-hydrogen) atoms. The van der Waals surface area contributed by atoms with Crippen molar-refractivity contribution in [3.8, 4) is 22.8 Å². The van der Waals surface area contributed by atoms with Crippen molar-refractivity contribution in [2.24, 2.45) is 0 Å². The van der Waals surface area contributed by atoms with Crippen molar-refractivity contribution in [2.75, 3.05) is 25.5 Å². The van der Waals surface area contributed by atoms with E-state index in [-0.39, 0.29) is 11.9 Å². The number of carbonyl (C=O) groups excluding carboxylic acids is 1. The Morgan fingerprint density at radius 1 is 1.06 bits per heavy atom. The second kappa shape index (κ2) is 9.20. The van der Waals surface area contributed by atoms with E-state index in [2.05, 4.69) is 9.97 Å². The van der Waals surface area contributed by atoms with E-state index in [4.69, 9.17) is 9.47 Å². The van der Waals surface area contributed by atoms with Gasteiger partial charge in [0.15, 0.2) is 16.7 Å². The van der Waals surface area contributed by atoms with Crippen molar-refractivity contribution in [3.05, 3.63) is 65.9 Å². The third-order valence-corrected chi connectivity index (χ3v) is 6.58. The van der Waals surface area contributed by atoms with Crippen LogP contribution in [0.4, 0.5) is 0 Å².